The zero-order chi connectivity index (χ0) is 5.82. The maximum atomic E-state index is 4.91. The van der Waals surface area contributed by atoms with Gasteiger partial charge in [0.2, 0.25) is 0 Å². The van der Waals surface area contributed by atoms with E-state index in [2.05, 4.69) is 4.84 Å². The van der Waals surface area contributed by atoms with Crippen molar-refractivity contribution in [3.8, 4) is 0 Å². The van der Waals surface area contributed by atoms with Crippen molar-refractivity contribution < 1.29 is 4.84 Å². The van der Waals surface area contributed by atoms with E-state index >= 15 is 0 Å². The van der Waals surface area contributed by atoms with Gasteiger partial charge < -0.3 is 4.84 Å². The van der Waals surface area contributed by atoms with E-state index in [1.165, 1.54) is 25.7 Å². The third kappa shape index (κ3) is 1.46. The summed E-state index contributed by atoms with van der Waals surface area (Å²) in [5.74, 6) is 5.67. The second-order valence-electron chi connectivity index (χ2n) is 2.48. The Balaban J connectivity index is 2.06. The summed E-state index contributed by atoms with van der Waals surface area (Å²) < 4.78 is 0. The minimum absolute atomic E-state index is 0.764. The molecule has 0 spiro atoms. The van der Waals surface area contributed by atoms with Gasteiger partial charge in [-0.05, 0) is 18.8 Å². The maximum absolute atomic E-state index is 4.91. The molecule has 0 saturated heterocycles. The van der Waals surface area contributed by atoms with Crippen LogP contribution in [0.1, 0.15) is 25.7 Å². The van der Waals surface area contributed by atoms with E-state index in [0.29, 0.717) is 0 Å². The average molecular weight is 115 g/mol. The van der Waals surface area contributed by atoms with Gasteiger partial charge in [0.05, 0.1) is 6.61 Å². The van der Waals surface area contributed by atoms with Crippen LogP contribution in [0.3, 0.4) is 0 Å². The third-order valence-corrected chi connectivity index (χ3v) is 1.81. The fourth-order valence-electron chi connectivity index (χ4n) is 1.31. The maximum Gasteiger partial charge on any atom is 0.0707 e. The van der Waals surface area contributed by atoms with Crippen molar-refractivity contribution in [3.63, 3.8) is 0 Å². The van der Waals surface area contributed by atoms with Crippen LogP contribution >= 0.6 is 0 Å². The van der Waals surface area contributed by atoms with Gasteiger partial charge in [-0.25, -0.2) is 5.90 Å². The molecule has 0 amide bonds. The number of hydrogen-bond acceptors (Lipinski definition) is 2. The monoisotopic (exact) mass is 115 g/mol. The van der Waals surface area contributed by atoms with Crippen LogP contribution < -0.4 is 5.90 Å². The van der Waals surface area contributed by atoms with E-state index in [9.17, 15) is 0 Å². The first-order valence-electron chi connectivity index (χ1n) is 3.25. The molecule has 2 nitrogen and oxygen atoms in total. The molecule has 1 aliphatic carbocycles. The molecule has 0 heterocycles. The molecule has 0 bridgehead atoms. The quantitative estimate of drug-likeness (QED) is 0.546. The highest BCUT2D eigenvalue weighted by Gasteiger charge is 2.13. The zero-order valence-electron chi connectivity index (χ0n) is 5.10. The fourth-order valence-corrected chi connectivity index (χ4v) is 1.31. The molecule has 8 heavy (non-hydrogen) atoms. The van der Waals surface area contributed by atoms with E-state index in [1.807, 2.05) is 0 Å². The molecule has 0 aromatic rings. The highest BCUT2D eigenvalue weighted by Crippen LogP contribution is 2.23. The molecular weight excluding hydrogens is 102 g/mol. The number of rotatable bonds is 2. The van der Waals surface area contributed by atoms with Gasteiger partial charge in [0.15, 0.2) is 0 Å². The lowest BCUT2D eigenvalue weighted by atomic mass is 10.1. The molecule has 1 fully saturated rings. The van der Waals surface area contributed by atoms with Crippen LogP contribution in [-0.4, -0.2) is 6.61 Å². The molecule has 0 unspecified atom stereocenters. The van der Waals surface area contributed by atoms with Gasteiger partial charge in [-0.3, -0.25) is 0 Å². The first-order valence-corrected chi connectivity index (χ1v) is 3.25. The van der Waals surface area contributed by atoms with Crippen LogP contribution in [0.4, 0.5) is 0 Å². The highest BCUT2D eigenvalue weighted by molar-refractivity contribution is 4.65. The van der Waals surface area contributed by atoms with E-state index in [-0.39, 0.29) is 0 Å². The van der Waals surface area contributed by atoms with Gasteiger partial charge in [0.1, 0.15) is 0 Å². The predicted molar refractivity (Wildman–Crippen MR) is 32.1 cm³/mol. The minimum Gasteiger partial charge on any atom is -0.304 e. The van der Waals surface area contributed by atoms with Crippen LogP contribution in [0.25, 0.3) is 0 Å². The van der Waals surface area contributed by atoms with Gasteiger partial charge in [0.25, 0.3) is 0 Å². The summed E-state index contributed by atoms with van der Waals surface area (Å²) >= 11 is 0. The first-order chi connectivity index (χ1) is 3.93. The van der Waals surface area contributed by atoms with Crippen LogP contribution in [0.5, 0.6) is 0 Å². The lowest BCUT2D eigenvalue weighted by Crippen LogP contribution is -2.09. The lowest BCUT2D eigenvalue weighted by molar-refractivity contribution is 0.103. The van der Waals surface area contributed by atoms with Gasteiger partial charge in [-0.15, -0.1) is 0 Å². The van der Waals surface area contributed by atoms with Crippen LogP contribution in [0.15, 0.2) is 0 Å². The summed E-state index contributed by atoms with van der Waals surface area (Å²) in [7, 11) is 0. The standard InChI is InChI=1S/C6H13NO/c7-8-5-6-3-1-2-4-6/h6H,1-5,7H2. The van der Waals surface area contributed by atoms with Crippen LogP contribution in [0, 0.1) is 5.92 Å². The SMILES string of the molecule is NOCC1CCCC1. The fraction of sp³-hybridized carbons (Fsp3) is 1.00. The normalized spacial score (nSPS) is 22.1. The third-order valence-electron chi connectivity index (χ3n) is 1.81. The van der Waals surface area contributed by atoms with Gasteiger partial charge >= 0.3 is 0 Å². The molecule has 0 aliphatic heterocycles. The van der Waals surface area contributed by atoms with Crippen molar-refractivity contribution in [1.29, 1.82) is 0 Å². The van der Waals surface area contributed by atoms with Crippen LogP contribution in [0.2, 0.25) is 0 Å². The van der Waals surface area contributed by atoms with Crippen molar-refractivity contribution in [2.75, 3.05) is 6.61 Å². The molecule has 2 heteroatoms. The second-order valence-corrected chi connectivity index (χ2v) is 2.48. The minimum atomic E-state index is 0.764. The summed E-state index contributed by atoms with van der Waals surface area (Å²) in [5, 5.41) is 0. The smallest absolute Gasteiger partial charge is 0.0707 e. The van der Waals surface area contributed by atoms with E-state index in [0.717, 1.165) is 12.5 Å². The molecular formula is C6H13NO. The summed E-state index contributed by atoms with van der Waals surface area (Å²) in [6.07, 6.45) is 5.37. The molecule has 1 aliphatic rings. The van der Waals surface area contributed by atoms with Gasteiger partial charge in [0, 0.05) is 0 Å². The summed E-state index contributed by atoms with van der Waals surface area (Å²) in [5.41, 5.74) is 0. The Bertz CT molecular complexity index is 59.5. The molecule has 0 atom stereocenters. The largest absolute Gasteiger partial charge is 0.304 e. The number of nitrogens with two attached hydrogens (primary N) is 1. The molecule has 0 aromatic carbocycles. The topological polar surface area (TPSA) is 35.2 Å². The summed E-state index contributed by atoms with van der Waals surface area (Å²) in [4.78, 5) is 4.53. The lowest BCUT2D eigenvalue weighted by Gasteiger charge is -2.03. The van der Waals surface area contributed by atoms with E-state index < -0.39 is 0 Å². The molecule has 1 saturated carbocycles. The van der Waals surface area contributed by atoms with E-state index in [1.54, 1.807) is 0 Å². The van der Waals surface area contributed by atoms with Gasteiger partial charge in [-0.2, -0.15) is 0 Å². The average Bonchev–Trinajstić information content (AvgIpc) is 2.19. The first kappa shape index (κ1) is 6.05. The number of hydrogen-bond donors (Lipinski definition) is 1. The molecule has 0 radical (unpaired) electrons. The van der Waals surface area contributed by atoms with Gasteiger partial charge in [-0.1, -0.05) is 12.8 Å². The second kappa shape index (κ2) is 3.05. The Morgan fingerprint density at radius 3 is 2.50 bits per heavy atom. The zero-order valence-corrected chi connectivity index (χ0v) is 5.10. The Hall–Kier alpha value is -0.0800. The molecule has 48 valence electrons. The van der Waals surface area contributed by atoms with E-state index in [4.69, 9.17) is 5.90 Å². The Kier molecular flexibility index (Phi) is 2.30. The van der Waals surface area contributed by atoms with Crippen molar-refractivity contribution >= 4 is 0 Å². The summed E-state index contributed by atoms with van der Waals surface area (Å²) in [6, 6.07) is 0. The molecule has 1 rings (SSSR count). The van der Waals surface area contributed by atoms with Crippen molar-refractivity contribution in [3.05, 3.63) is 0 Å². The molecule has 0 aromatic heterocycles. The van der Waals surface area contributed by atoms with Crippen LogP contribution in [-0.2, 0) is 4.84 Å². The van der Waals surface area contributed by atoms with Crippen molar-refractivity contribution in [2.24, 2.45) is 11.8 Å². The Morgan fingerprint density at radius 2 is 2.00 bits per heavy atom. The Labute approximate surface area is 50.0 Å². The summed E-state index contributed by atoms with van der Waals surface area (Å²) in [6.45, 7) is 0.764. The Morgan fingerprint density at radius 1 is 1.38 bits per heavy atom. The molecule has 2 N–H and O–H groups in total. The van der Waals surface area contributed by atoms with Crippen molar-refractivity contribution in [1.82, 2.24) is 0 Å². The highest BCUT2D eigenvalue weighted by atomic mass is 16.6. The predicted octanol–water partition coefficient (Wildman–Crippen LogP) is 1.07. The van der Waals surface area contributed by atoms with Crippen molar-refractivity contribution in [2.45, 2.75) is 25.7 Å².